The van der Waals surface area contributed by atoms with Gasteiger partial charge in [0.15, 0.2) is 0 Å². The van der Waals surface area contributed by atoms with Crippen LogP contribution >= 0.6 is 11.6 Å². The van der Waals surface area contributed by atoms with Crippen molar-refractivity contribution in [3.8, 4) is 33.5 Å². The molecule has 6 rings (SSSR count). The van der Waals surface area contributed by atoms with Gasteiger partial charge in [-0.15, -0.1) is 0 Å². The molecular formula is C34H27ClF6N6O4. The molecule has 1 aliphatic rings. The molecule has 1 amide bonds. The number of carbonyl (C=O) groups excluding carboxylic acids is 1. The highest BCUT2D eigenvalue weighted by atomic mass is 35.5. The normalized spacial score (nSPS) is 16.2. The molecule has 0 unspecified atom stereocenters. The van der Waals surface area contributed by atoms with Crippen LogP contribution in [0.4, 0.5) is 32.0 Å². The molecule has 2 bridgehead atoms. The van der Waals surface area contributed by atoms with E-state index in [1.54, 1.807) is 36.5 Å². The summed E-state index contributed by atoms with van der Waals surface area (Å²) in [5.41, 5.74) is 3.56. The number of hydrogen-bond acceptors (Lipinski definition) is 6. The van der Waals surface area contributed by atoms with Crippen LogP contribution in [0.2, 0.25) is 5.02 Å². The van der Waals surface area contributed by atoms with Crippen molar-refractivity contribution >= 4 is 29.2 Å². The van der Waals surface area contributed by atoms with Gasteiger partial charge in [0.25, 0.3) is 5.56 Å². The van der Waals surface area contributed by atoms with Crippen LogP contribution in [-0.2, 0) is 9.59 Å². The first-order chi connectivity index (χ1) is 24.1. The third kappa shape index (κ3) is 8.63. The standard InChI is InChI=1S/C32H26ClF3N6O2.C2HF3O2/c1-18-3-2-4-29(28-11-19(9-10-37-28)24-13-22(34)6-8-26(24)40-31(18)44)41-17-38-27(14-30(41)43)25-12-21(33)5-7-23(25)20-15-39-42(16-20)32(35)36;3-2(4,5)1(6)7/h5-18,29,32H,2-4H2,1H3,(H,40,44);(H,6,7)/t18-,29+;/m1./s1. The molecular weight excluding hydrogens is 706 g/mol. The maximum Gasteiger partial charge on any atom is 0.490 e. The fourth-order valence-corrected chi connectivity index (χ4v) is 5.62. The molecule has 0 saturated carbocycles. The Balaban J connectivity index is 0.000000654. The van der Waals surface area contributed by atoms with Crippen LogP contribution in [0, 0.1) is 11.7 Å². The summed E-state index contributed by atoms with van der Waals surface area (Å²) in [4.78, 5) is 44.7. The molecule has 266 valence electrons. The predicted octanol–water partition coefficient (Wildman–Crippen LogP) is 8.00. The number of nitrogens with one attached hydrogen (secondary N) is 1. The summed E-state index contributed by atoms with van der Waals surface area (Å²) in [5.74, 6) is -3.71. The van der Waals surface area contributed by atoms with Gasteiger partial charge in [-0.2, -0.15) is 27.1 Å². The van der Waals surface area contributed by atoms with Crippen molar-refractivity contribution in [2.24, 2.45) is 5.92 Å². The lowest BCUT2D eigenvalue weighted by Gasteiger charge is -2.23. The minimum absolute atomic E-state index is 0.177. The molecule has 10 nitrogen and oxygen atoms in total. The Bertz CT molecular complexity index is 2140. The molecule has 2 N–H and O–H groups in total. The fraction of sp³-hybridized carbons (Fsp3) is 0.235. The summed E-state index contributed by atoms with van der Waals surface area (Å²) < 4.78 is 74.5. The zero-order valence-electron chi connectivity index (χ0n) is 26.4. The van der Waals surface area contributed by atoms with E-state index in [0.29, 0.717) is 73.9 Å². The lowest BCUT2D eigenvalue weighted by atomic mass is 9.95. The van der Waals surface area contributed by atoms with E-state index in [4.69, 9.17) is 21.5 Å². The SMILES string of the molecule is C[C@@H]1CCC[C@H](n2cnc(-c3cc(Cl)ccc3-c3cnn(C(F)F)c3)cc2=O)c2cc(ccn2)-c2cc(F)ccc2NC1=O.O=C(O)C(F)(F)F. The first-order valence-electron chi connectivity index (χ1n) is 15.2. The van der Waals surface area contributed by atoms with E-state index in [1.807, 2.05) is 6.92 Å². The van der Waals surface area contributed by atoms with Gasteiger partial charge in [-0.25, -0.2) is 18.9 Å². The number of aliphatic carboxylic acids is 1. The third-order valence-electron chi connectivity index (χ3n) is 8.02. The molecule has 0 saturated heterocycles. The second-order valence-electron chi connectivity index (χ2n) is 11.5. The highest BCUT2D eigenvalue weighted by Gasteiger charge is 2.38. The maximum atomic E-state index is 14.3. The number of amides is 1. The minimum Gasteiger partial charge on any atom is -0.475 e. The van der Waals surface area contributed by atoms with Crippen molar-refractivity contribution in [3.63, 3.8) is 0 Å². The zero-order chi connectivity index (χ0) is 37.0. The number of benzene rings is 2. The monoisotopic (exact) mass is 732 g/mol. The van der Waals surface area contributed by atoms with Crippen LogP contribution in [0.3, 0.4) is 0 Å². The van der Waals surface area contributed by atoms with Crippen LogP contribution in [0.25, 0.3) is 33.5 Å². The molecule has 51 heavy (non-hydrogen) atoms. The number of carboxylic acid groups (broad SMARTS) is 1. The second kappa shape index (κ2) is 15.2. The van der Waals surface area contributed by atoms with Crippen molar-refractivity contribution in [2.75, 3.05) is 5.32 Å². The maximum absolute atomic E-state index is 14.3. The van der Waals surface area contributed by atoms with Crippen LogP contribution < -0.4 is 10.9 Å². The number of rotatable bonds is 4. The molecule has 0 aliphatic carbocycles. The Hall–Kier alpha value is -5.51. The van der Waals surface area contributed by atoms with E-state index >= 15 is 0 Å². The lowest BCUT2D eigenvalue weighted by Crippen LogP contribution is -2.27. The van der Waals surface area contributed by atoms with E-state index in [9.17, 15) is 35.9 Å². The van der Waals surface area contributed by atoms with Crippen LogP contribution in [0.15, 0.2) is 84.3 Å². The van der Waals surface area contributed by atoms with Gasteiger partial charge in [0.1, 0.15) is 5.82 Å². The quantitative estimate of drug-likeness (QED) is 0.179. The minimum atomic E-state index is -5.08. The number of fused-ring (bicyclic) bond motifs is 4. The summed E-state index contributed by atoms with van der Waals surface area (Å²) in [6.07, 6.45) is 2.12. The van der Waals surface area contributed by atoms with Crippen LogP contribution in [0.1, 0.15) is 44.5 Å². The van der Waals surface area contributed by atoms with Gasteiger partial charge in [-0.3, -0.25) is 19.1 Å². The first kappa shape index (κ1) is 36.8. The number of carbonyl (C=O) groups is 2. The van der Waals surface area contributed by atoms with Gasteiger partial charge in [0.05, 0.1) is 30.0 Å². The van der Waals surface area contributed by atoms with E-state index in [0.717, 1.165) is 0 Å². The van der Waals surface area contributed by atoms with Gasteiger partial charge < -0.3 is 10.4 Å². The molecule has 0 fully saturated rings. The molecule has 17 heteroatoms. The Morgan fingerprint density at radius 3 is 2.39 bits per heavy atom. The highest BCUT2D eigenvalue weighted by molar-refractivity contribution is 6.31. The average molecular weight is 733 g/mol. The van der Waals surface area contributed by atoms with Crippen LogP contribution in [-0.4, -0.2) is 47.5 Å². The van der Waals surface area contributed by atoms with Crippen molar-refractivity contribution in [1.29, 1.82) is 0 Å². The smallest absolute Gasteiger partial charge is 0.475 e. The summed E-state index contributed by atoms with van der Waals surface area (Å²) in [6, 6.07) is 13.4. The first-order valence-corrected chi connectivity index (χ1v) is 15.6. The summed E-state index contributed by atoms with van der Waals surface area (Å²) in [7, 11) is 0. The number of hydrogen-bond donors (Lipinski definition) is 2. The number of nitrogens with zero attached hydrogens (tertiary/aromatic N) is 5. The largest absolute Gasteiger partial charge is 0.490 e. The van der Waals surface area contributed by atoms with Gasteiger partial charge in [-0.1, -0.05) is 31.0 Å². The Kier molecular flexibility index (Phi) is 10.9. The van der Waals surface area contributed by atoms with Gasteiger partial charge in [-0.05, 0) is 66.4 Å². The van der Waals surface area contributed by atoms with Crippen molar-refractivity contribution in [1.82, 2.24) is 24.3 Å². The molecule has 3 aromatic heterocycles. The lowest BCUT2D eigenvalue weighted by molar-refractivity contribution is -0.192. The molecule has 2 atom stereocenters. The van der Waals surface area contributed by atoms with E-state index in [2.05, 4.69) is 20.4 Å². The van der Waals surface area contributed by atoms with Gasteiger partial charge >= 0.3 is 18.7 Å². The topological polar surface area (TPSA) is 132 Å². The molecule has 4 heterocycles. The third-order valence-corrected chi connectivity index (χ3v) is 8.25. The fourth-order valence-electron chi connectivity index (χ4n) is 5.45. The van der Waals surface area contributed by atoms with E-state index < -0.39 is 30.6 Å². The number of anilines is 1. The Labute approximate surface area is 290 Å². The Morgan fingerprint density at radius 1 is 0.980 bits per heavy atom. The molecule has 0 spiro atoms. The van der Waals surface area contributed by atoms with E-state index in [1.165, 1.54) is 47.6 Å². The van der Waals surface area contributed by atoms with Crippen molar-refractivity contribution < 1.29 is 41.0 Å². The number of carboxylic acids is 1. The van der Waals surface area contributed by atoms with Crippen LogP contribution in [0.5, 0.6) is 0 Å². The number of aromatic nitrogens is 5. The highest BCUT2D eigenvalue weighted by Crippen LogP contribution is 2.35. The number of pyridine rings is 1. The predicted molar refractivity (Wildman–Crippen MR) is 175 cm³/mol. The number of alkyl halides is 5. The summed E-state index contributed by atoms with van der Waals surface area (Å²) >= 11 is 6.28. The Morgan fingerprint density at radius 2 is 1.73 bits per heavy atom. The van der Waals surface area contributed by atoms with Gasteiger partial charge in [0.2, 0.25) is 5.91 Å². The molecule has 1 aliphatic heterocycles. The summed E-state index contributed by atoms with van der Waals surface area (Å²) in [5, 5.41) is 14.1. The average Bonchev–Trinajstić information content (AvgIpc) is 3.58. The number of halogens is 7. The summed E-state index contributed by atoms with van der Waals surface area (Å²) in [6.45, 7) is -0.975. The van der Waals surface area contributed by atoms with E-state index in [-0.39, 0.29) is 17.4 Å². The van der Waals surface area contributed by atoms with Crippen molar-refractivity contribution in [3.05, 3.63) is 106 Å². The van der Waals surface area contributed by atoms with Gasteiger partial charge in [0, 0.05) is 51.8 Å². The second-order valence-corrected chi connectivity index (χ2v) is 11.9. The zero-order valence-corrected chi connectivity index (χ0v) is 27.2. The van der Waals surface area contributed by atoms with Crippen molar-refractivity contribution in [2.45, 2.75) is 45.0 Å². The molecule has 2 aromatic carbocycles. The molecule has 5 aromatic rings. The molecule has 0 radical (unpaired) electrons.